The van der Waals surface area contributed by atoms with E-state index >= 15 is 0 Å². The Morgan fingerprint density at radius 3 is 1.00 bits per heavy atom. The predicted molar refractivity (Wildman–Crippen MR) is 16.5 cm³/mol. The molecule has 2 N–H and O–H groups in total. The van der Waals surface area contributed by atoms with Crippen molar-refractivity contribution in [3.63, 3.8) is 0 Å². The molecule has 2 heteroatoms. The third-order valence-corrected chi connectivity index (χ3v) is 1.50. The third kappa shape index (κ3) is 0.102. The van der Waals surface area contributed by atoms with E-state index < -0.39 is 0 Å². The van der Waals surface area contributed by atoms with Gasteiger partial charge < -0.3 is 0 Å². The quantitative estimate of drug-likeness (QED) is 0.296. The average molecular weight is 72.1 g/mol. The minimum absolute atomic E-state index is 1.42. The Morgan fingerprint density at radius 2 is 1.00 bits per heavy atom. The summed E-state index contributed by atoms with van der Waals surface area (Å²) < 4.78 is 0. The standard InChI is InChI=1S/C3H6N2/c1-4-2-5(1)3-4/h1-3H2/p+2. The zero-order chi connectivity index (χ0) is 3.28. The number of quaternary nitrogens is 2. The minimum atomic E-state index is 1.42. The van der Waals surface area contributed by atoms with Crippen molar-refractivity contribution in [1.82, 2.24) is 0 Å². The maximum absolute atomic E-state index is 1.79. The van der Waals surface area contributed by atoms with Crippen LogP contribution in [0, 0.1) is 0 Å². The van der Waals surface area contributed by atoms with E-state index in [1.54, 1.807) is 9.80 Å². The Balaban J connectivity index is 2.19. The second kappa shape index (κ2) is 0.420. The van der Waals surface area contributed by atoms with Crippen LogP contribution in [-0.4, -0.2) is 20.0 Å². The number of rotatable bonds is 0. The van der Waals surface area contributed by atoms with Crippen molar-refractivity contribution >= 4 is 0 Å². The molecule has 3 aliphatic heterocycles. The van der Waals surface area contributed by atoms with Crippen molar-refractivity contribution in [3.8, 4) is 0 Å². The third-order valence-electron chi connectivity index (χ3n) is 1.50. The van der Waals surface area contributed by atoms with Gasteiger partial charge in [-0.1, -0.05) is 0 Å². The highest BCUT2D eigenvalue weighted by Gasteiger charge is 2.47. The van der Waals surface area contributed by atoms with Gasteiger partial charge in [0.1, 0.15) is 0 Å². The van der Waals surface area contributed by atoms with E-state index in [1.807, 2.05) is 0 Å². The molecule has 2 nitrogen and oxygen atoms in total. The monoisotopic (exact) mass is 72.1 g/mol. The molecule has 3 aliphatic rings. The topological polar surface area (TPSA) is 8.88 Å². The highest BCUT2D eigenvalue weighted by atomic mass is 15.7. The zero-order valence-corrected chi connectivity index (χ0v) is 3.12. The van der Waals surface area contributed by atoms with Gasteiger partial charge in [-0.2, -0.15) is 9.80 Å². The number of nitrogens with one attached hydrogen (secondary N) is 2. The molecule has 0 amide bonds. The summed E-state index contributed by atoms with van der Waals surface area (Å²) in [4.78, 5) is 3.58. The highest BCUT2D eigenvalue weighted by Crippen LogP contribution is 1.53. The molecular weight excluding hydrogens is 64.0 g/mol. The van der Waals surface area contributed by atoms with Crippen molar-refractivity contribution in [2.24, 2.45) is 0 Å². The molecular formula is C3H8N2+2. The van der Waals surface area contributed by atoms with E-state index in [0.717, 1.165) is 0 Å². The van der Waals surface area contributed by atoms with Crippen LogP contribution in [0.25, 0.3) is 0 Å². The van der Waals surface area contributed by atoms with E-state index in [1.165, 1.54) is 20.0 Å². The Labute approximate surface area is 31.0 Å². The molecule has 0 aromatic heterocycles. The van der Waals surface area contributed by atoms with Gasteiger partial charge in [0, 0.05) is 0 Å². The van der Waals surface area contributed by atoms with Crippen LogP contribution in [0.5, 0.6) is 0 Å². The van der Waals surface area contributed by atoms with Gasteiger partial charge in [-0.05, 0) is 0 Å². The largest absolute Gasteiger partial charge is 0.222 e. The summed E-state index contributed by atoms with van der Waals surface area (Å²) in [6, 6.07) is 0. The lowest BCUT2D eigenvalue weighted by atomic mass is 10.4. The molecule has 0 atom stereocenters. The van der Waals surface area contributed by atoms with Crippen molar-refractivity contribution in [3.05, 3.63) is 0 Å². The lowest BCUT2D eigenvalue weighted by Gasteiger charge is -2.44. The summed E-state index contributed by atoms with van der Waals surface area (Å²) in [6.45, 7) is 4.25. The molecule has 0 aromatic carbocycles. The van der Waals surface area contributed by atoms with Crippen LogP contribution < -0.4 is 9.80 Å². The Morgan fingerprint density at radius 1 is 0.800 bits per heavy atom. The molecule has 0 saturated carbocycles. The van der Waals surface area contributed by atoms with Crippen molar-refractivity contribution < 1.29 is 9.80 Å². The average Bonchev–Trinajstić information content (AvgIpc) is 0.592. The van der Waals surface area contributed by atoms with Gasteiger partial charge >= 0.3 is 0 Å². The molecule has 0 unspecified atom stereocenters. The van der Waals surface area contributed by atoms with Crippen LogP contribution in [0.3, 0.4) is 0 Å². The molecule has 28 valence electrons. The van der Waals surface area contributed by atoms with Crippen LogP contribution in [0.2, 0.25) is 0 Å². The second-order valence-electron chi connectivity index (χ2n) is 2.03. The Hall–Kier alpha value is -0.0800. The SMILES string of the molecule is C1[NH+]2C[NH+]1C2. The molecule has 5 heavy (non-hydrogen) atoms. The zero-order valence-electron chi connectivity index (χ0n) is 3.12. The van der Waals surface area contributed by atoms with Crippen LogP contribution in [0.4, 0.5) is 0 Å². The summed E-state index contributed by atoms with van der Waals surface area (Å²) >= 11 is 0. The van der Waals surface area contributed by atoms with Gasteiger partial charge in [0.25, 0.3) is 0 Å². The molecule has 3 heterocycles. The van der Waals surface area contributed by atoms with Gasteiger partial charge in [-0.3, -0.25) is 0 Å². The first-order valence-electron chi connectivity index (χ1n) is 2.12. The molecule has 0 aromatic rings. The van der Waals surface area contributed by atoms with Gasteiger partial charge in [-0.15, -0.1) is 0 Å². The second-order valence-corrected chi connectivity index (χ2v) is 2.03. The van der Waals surface area contributed by atoms with Crippen molar-refractivity contribution in [2.75, 3.05) is 20.0 Å². The maximum Gasteiger partial charge on any atom is 0.222 e. The molecule has 2 bridgehead atoms. The van der Waals surface area contributed by atoms with Crippen LogP contribution in [0.1, 0.15) is 0 Å². The van der Waals surface area contributed by atoms with E-state index in [2.05, 4.69) is 0 Å². The Bertz CT molecular complexity index is 41.6. The first-order chi connectivity index (χ1) is 2.45. The maximum atomic E-state index is 1.79. The van der Waals surface area contributed by atoms with Gasteiger partial charge in [-0.25, -0.2) is 0 Å². The van der Waals surface area contributed by atoms with Gasteiger partial charge in [0.05, 0.1) is 0 Å². The fourth-order valence-electron chi connectivity index (χ4n) is 0.905. The Kier molecular flexibility index (Phi) is 0.181. The summed E-state index contributed by atoms with van der Waals surface area (Å²) in [7, 11) is 0. The normalized spacial score (nSPS) is 57.6. The molecule has 0 aliphatic carbocycles. The highest BCUT2D eigenvalue weighted by molar-refractivity contribution is 4.19. The molecule has 3 rings (SSSR count). The minimum Gasteiger partial charge on any atom is -0.195 e. The van der Waals surface area contributed by atoms with E-state index in [9.17, 15) is 0 Å². The summed E-state index contributed by atoms with van der Waals surface area (Å²) in [5.41, 5.74) is 0. The molecule has 0 radical (unpaired) electrons. The van der Waals surface area contributed by atoms with E-state index in [-0.39, 0.29) is 0 Å². The van der Waals surface area contributed by atoms with Crippen LogP contribution >= 0.6 is 0 Å². The number of hydrogen-bond donors (Lipinski definition) is 2. The van der Waals surface area contributed by atoms with E-state index in [4.69, 9.17) is 0 Å². The fourth-order valence-corrected chi connectivity index (χ4v) is 0.905. The summed E-state index contributed by atoms with van der Waals surface area (Å²) in [5.74, 6) is 0. The van der Waals surface area contributed by atoms with Crippen molar-refractivity contribution in [1.29, 1.82) is 0 Å². The molecule has 3 fully saturated rings. The van der Waals surface area contributed by atoms with E-state index in [0.29, 0.717) is 0 Å². The lowest BCUT2D eigenvalue weighted by Crippen LogP contribution is -3.68. The smallest absolute Gasteiger partial charge is 0.195 e. The fraction of sp³-hybridized carbons (Fsp3) is 1.00. The first-order valence-corrected chi connectivity index (χ1v) is 2.12. The summed E-state index contributed by atoms with van der Waals surface area (Å²) in [6.07, 6.45) is 0. The van der Waals surface area contributed by atoms with Gasteiger partial charge in [0.2, 0.25) is 20.0 Å². The predicted octanol–water partition coefficient (Wildman–Crippen LogP) is -3.34. The summed E-state index contributed by atoms with van der Waals surface area (Å²) in [5, 5.41) is 0. The van der Waals surface area contributed by atoms with Crippen molar-refractivity contribution in [2.45, 2.75) is 0 Å². The molecule has 0 spiro atoms. The molecule has 3 saturated heterocycles. The van der Waals surface area contributed by atoms with Gasteiger partial charge in [0.15, 0.2) is 0 Å². The lowest BCUT2D eigenvalue weighted by molar-refractivity contribution is -1.43. The van der Waals surface area contributed by atoms with Crippen LogP contribution in [0.15, 0.2) is 0 Å². The van der Waals surface area contributed by atoms with Crippen LogP contribution in [-0.2, 0) is 0 Å². The number of hydrogen-bond acceptors (Lipinski definition) is 0. The first kappa shape index (κ1) is 2.16.